The zero-order valence-corrected chi connectivity index (χ0v) is 12.5. The van der Waals surface area contributed by atoms with E-state index >= 15 is 0 Å². The Kier molecular flexibility index (Phi) is 6.50. The lowest BCUT2D eigenvalue weighted by Gasteiger charge is -2.29. The fourth-order valence-corrected chi connectivity index (χ4v) is 2.45. The van der Waals surface area contributed by atoms with Gasteiger partial charge in [-0.25, -0.2) is 0 Å². The van der Waals surface area contributed by atoms with Crippen LogP contribution in [0.2, 0.25) is 0 Å². The maximum absolute atomic E-state index is 12.1. The Balaban J connectivity index is 2.35. The maximum atomic E-state index is 12.1. The molecular formula is C15H25N3O2. The molecule has 1 aliphatic rings. The van der Waals surface area contributed by atoms with Crippen LogP contribution in [0.3, 0.4) is 0 Å². The fraction of sp³-hybridized carbons (Fsp3) is 0.800. The van der Waals surface area contributed by atoms with Crippen LogP contribution in [-0.2, 0) is 9.59 Å². The minimum Gasteiger partial charge on any atom is -0.354 e. The number of carbonyl (C=O) groups excluding carboxylic acids is 2. The number of nitrogens with zero attached hydrogens (tertiary/aromatic N) is 1. The zero-order valence-electron chi connectivity index (χ0n) is 12.5. The van der Waals surface area contributed by atoms with E-state index in [1.807, 2.05) is 13.8 Å². The first kappa shape index (κ1) is 16.5. The smallest absolute Gasteiger partial charge is 0.240 e. The molecule has 0 spiro atoms. The highest BCUT2D eigenvalue weighted by Gasteiger charge is 2.39. The van der Waals surface area contributed by atoms with Crippen LogP contribution in [0.15, 0.2) is 0 Å². The second kappa shape index (κ2) is 7.88. The Morgan fingerprint density at radius 3 is 2.50 bits per heavy atom. The third-order valence-electron chi connectivity index (χ3n) is 4.01. The van der Waals surface area contributed by atoms with Gasteiger partial charge in [-0.1, -0.05) is 26.2 Å². The van der Waals surface area contributed by atoms with Crippen molar-refractivity contribution in [2.75, 3.05) is 6.54 Å². The number of carbonyl (C=O) groups is 2. The quantitative estimate of drug-likeness (QED) is 0.779. The molecule has 0 radical (unpaired) electrons. The summed E-state index contributed by atoms with van der Waals surface area (Å²) in [6.07, 6.45) is 5.36. The molecule has 0 aliphatic heterocycles. The molecule has 2 N–H and O–H groups in total. The molecule has 5 heteroatoms. The van der Waals surface area contributed by atoms with Gasteiger partial charge in [0.25, 0.3) is 0 Å². The molecule has 0 bridgehead atoms. The molecule has 1 fully saturated rings. The highest BCUT2D eigenvalue weighted by molar-refractivity contribution is 5.86. The first-order valence-corrected chi connectivity index (χ1v) is 7.53. The van der Waals surface area contributed by atoms with E-state index in [4.69, 9.17) is 0 Å². The summed E-state index contributed by atoms with van der Waals surface area (Å²) in [4.78, 5) is 23.7. The van der Waals surface area contributed by atoms with Crippen LogP contribution < -0.4 is 10.6 Å². The van der Waals surface area contributed by atoms with E-state index in [-0.39, 0.29) is 24.3 Å². The van der Waals surface area contributed by atoms with Crippen molar-refractivity contribution in [2.45, 2.75) is 64.8 Å². The van der Waals surface area contributed by atoms with Gasteiger partial charge in [0, 0.05) is 19.0 Å². The average Bonchev–Trinajstić information content (AvgIpc) is 2.47. The molecule has 112 valence electrons. The summed E-state index contributed by atoms with van der Waals surface area (Å²) >= 11 is 0. The van der Waals surface area contributed by atoms with Gasteiger partial charge < -0.3 is 10.6 Å². The van der Waals surface area contributed by atoms with E-state index in [0.717, 1.165) is 25.7 Å². The number of nitriles is 1. The molecule has 1 atom stereocenters. The molecule has 0 aromatic rings. The third-order valence-corrected chi connectivity index (χ3v) is 4.01. The summed E-state index contributed by atoms with van der Waals surface area (Å²) in [6, 6.07) is 2.34. The van der Waals surface area contributed by atoms with Gasteiger partial charge in [0.05, 0.1) is 6.07 Å². The van der Waals surface area contributed by atoms with Gasteiger partial charge in [-0.2, -0.15) is 5.26 Å². The van der Waals surface area contributed by atoms with Gasteiger partial charge in [-0.15, -0.1) is 0 Å². The third kappa shape index (κ3) is 4.52. The molecule has 1 saturated carbocycles. The number of hydrogen-bond donors (Lipinski definition) is 2. The predicted molar refractivity (Wildman–Crippen MR) is 76.7 cm³/mol. The Bertz CT molecular complexity index is 381. The van der Waals surface area contributed by atoms with E-state index < -0.39 is 5.41 Å². The van der Waals surface area contributed by atoms with Crippen molar-refractivity contribution in [2.24, 2.45) is 5.41 Å². The highest BCUT2D eigenvalue weighted by atomic mass is 16.2. The molecule has 5 nitrogen and oxygen atoms in total. The van der Waals surface area contributed by atoms with Crippen LogP contribution in [0, 0.1) is 16.7 Å². The van der Waals surface area contributed by atoms with Crippen molar-refractivity contribution >= 4 is 11.8 Å². The fourth-order valence-electron chi connectivity index (χ4n) is 2.45. The van der Waals surface area contributed by atoms with Crippen molar-refractivity contribution in [3.63, 3.8) is 0 Å². The van der Waals surface area contributed by atoms with E-state index in [1.54, 1.807) is 0 Å². The van der Waals surface area contributed by atoms with E-state index in [9.17, 15) is 14.9 Å². The van der Waals surface area contributed by atoms with Gasteiger partial charge in [-0.05, 0) is 26.2 Å². The van der Waals surface area contributed by atoms with Crippen LogP contribution in [0.25, 0.3) is 0 Å². The van der Waals surface area contributed by atoms with Crippen LogP contribution in [-0.4, -0.2) is 24.4 Å². The van der Waals surface area contributed by atoms with Crippen molar-refractivity contribution in [1.29, 1.82) is 5.26 Å². The minimum absolute atomic E-state index is 0.0608. The van der Waals surface area contributed by atoms with Crippen LogP contribution in [0.1, 0.15) is 58.8 Å². The van der Waals surface area contributed by atoms with E-state index in [1.165, 1.54) is 0 Å². The molecule has 20 heavy (non-hydrogen) atoms. The molecule has 1 rings (SSSR count). The summed E-state index contributed by atoms with van der Waals surface area (Å²) in [7, 11) is 0. The first-order valence-electron chi connectivity index (χ1n) is 7.53. The monoisotopic (exact) mass is 279 g/mol. The molecule has 0 aromatic heterocycles. The van der Waals surface area contributed by atoms with E-state index in [0.29, 0.717) is 19.4 Å². The van der Waals surface area contributed by atoms with Gasteiger partial charge in [-0.3, -0.25) is 9.59 Å². The number of hydrogen-bond acceptors (Lipinski definition) is 3. The van der Waals surface area contributed by atoms with Crippen molar-refractivity contribution in [3.8, 4) is 6.07 Å². The van der Waals surface area contributed by atoms with Crippen molar-refractivity contribution in [3.05, 3.63) is 0 Å². The second-order valence-corrected chi connectivity index (χ2v) is 5.64. The average molecular weight is 279 g/mol. The maximum Gasteiger partial charge on any atom is 0.240 e. The summed E-state index contributed by atoms with van der Waals surface area (Å²) in [5.41, 5.74) is -0.870. The molecule has 2 amide bonds. The van der Waals surface area contributed by atoms with Crippen molar-refractivity contribution in [1.82, 2.24) is 10.6 Å². The molecule has 0 saturated heterocycles. The largest absolute Gasteiger partial charge is 0.354 e. The number of amides is 2. The standard InChI is InChI=1S/C15H25N3O2/c1-3-12(2)18-13(19)7-10-17-14(20)15(11-16)8-5-4-6-9-15/h12H,3-10H2,1-2H3,(H,17,20)(H,18,19). The lowest BCUT2D eigenvalue weighted by molar-refractivity contribution is -0.129. The predicted octanol–water partition coefficient (Wildman–Crippen LogP) is 1.88. The lowest BCUT2D eigenvalue weighted by atomic mass is 9.74. The first-order chi connectivity index (χ1) is 9.54. The molecule has 1 aliphatic carbocycles. The summed E-state index contributed by atoms with van der Waals surface area (Å²) in [5, 5.41) is 14.9. The lowest BCUT2D eigenvalue weighted by Crippen LogP contribution is -2.43. The SMILES string of the molecule is CCC(C)NC(=O)CCNC(=O)C1(C#N)CCCCC1. The summed E-state index contributed by atoms with van der Waals surface area (Å²) in [5.74, 6) is -0.273. The molecule has 0 aromatic carbocycles. The number of nitrogens with one attached hydrogen (secondary N) is 2. The van der Waals surface area contributed by atoms with E-state index in [2.05, 4.69) is 16.7 Å². The van der Waals surface area contributed by atoms with Gasteiger partial charge in [0.15, 0.2) is 0 Å². The summed E-state index contributed by atoms with van der Waals surface area (Å²) < 4.78 is 0. The topological polar surface area (TPSA) is 82.0 Å². The van der Waals surface area contributed by atoms with Crippen LogP contribution in [0.5, 0.6) is 0 Å². The van der Waals surface area contributed by atoms with Crippen LogP contribution >= 0.6 is 0 Å². The molecule has 0 heterocycles. The Morgan fingerprint density at radius 2 is 1.95 bits per heavy atom. The Labute approximate surface area is 121 Å². The van der Waals surface area contributed by atoms with Gasteiger partial charge in [0.1, 0.15) is 5.41 Å². The number of rotatable bonds is 6. The highest BCUT2D eigenvalue weighted by Crippen LogP contribution is 2.35. The Hall–Kier alpha value is -1.57. The molecule has 1 unspecified atom stereocenters. The Morgan fingerprint density at radius 1 is 1.30 bits per heavy atom. The second-order valence-electron chi connectivity index (χ2n) is 5.64. The van der Waals surface area contributed by atoms with Crippen LogP contribution in [0.4, 0.5) is 0 Å². The normalized spacial score (nSPS) is 18.6. The molecular weight excluding hydrogens is 254 g/mol. The van der Waals surface area contributed by atoms with Gasteiger partial charge in [0.2, 0.25) is 11.8 Å². The zero-order chi connectivity index (χ0) is 15.0. The minimum atomic E-state index is -0.870. The van der Waals surface area contributed by atoms with Gasteiger partial charge >= 0.3 is 0 Å². The van der Waals surface area contributed by atoms with Crippen molar-refractivity contribution < 1.29 is 9.59 Å². The summed E-state index contributed by atoms with van der Waals surface area (Å²) in [6.45, 7) is 4.25.